The molecule has 7 nitrogen and oxygen atoms in total. The molecular formula is C26H39N3O4S. The van der Waals surface area contributed by atoms with Gasteiger partial charge in [-0.2, -0.15) is 0 Å². The van der Waals surface area contributed by atoms with Gasteiger partial charge >= 0.3 is 0 Å². The molecule has 0 saturated carbocycles. The number of aliphatic hydroxyl groups excluding tert-OH is 1. The van der Waals surface area contributed by atoms with E-state index in [1.807, 2.05) is 35.8 Å². The number of likely N-dealkylation sites (tertiary alicyclic amines) is 1. The normalized spacial score (nSPS) is 36.8. The quantitative estimate of drug-likeness (QED) is 0.556. The molecule has 0 aliphatic carbocycles. The number of fused-ring (bicyclic) bond motifs is 2. The van der Waals surface area contributed by atoms with Crippen LogP contribution in [0.5, 0.6) is 0 Å². The average molecular weight is 490 g/mol. The van der Waals surface area contributed by atoms with Gasteiger partial charge in [0, 0.05) is 30.4 Å². The minimum absolute atomic E-state index is 0.00405. The third kappa shape index (κ3) is 3.63. The number of hydrogen-bond acceptors (Lipinski definition) is 5. The van der Waals surface area contributed by atoms with Crippen molar-refractivity contribution in [3.63, 3.8) is 0 Å². The zero-order valence-electron chi connectivity index (χ0n) is 21.1. The highest BCUT2D eigenvalue weighted by atomic mass is 32.2. The van der Waals surface area contributed by atoms with Gasteiger partial charge in [-0.05, 0) is 33.6 Å². The Kier molecular flexibility index (Phi) is 6.95. The molecule has 4 aliphatic rings. The fourth-order valence-electron chi connectivity index (χ4n) is 6.53. The lowest BCUT2D eigenvalue weighted by Gasteiger charge is -2.40. The van der Waals surface area contributed by atoms with Crippen molar-refractivity contribution in [2.45, 2.75) is 81.5 Å². The summed E-state index contributed by atoms with van der Waals surface area (Å²) in [6, 6.07) is -1.19. The van der Waals surface area contributed by atoms with Gasteiger partial charge in [-0.1, -0.05) is 44.6 Å². The van der Waals surface area contributed by atoms with Crippen LogP contribution in [0.4, 0.5) is 0 Å². The van der Waals surface area contributed by atoms with Gasteiger partial charge in [0.2, 0.25) is 17.7 Å². The summed E-state index contributed by atoms with van der Waals surface area (Å²) in [5.41, 5.74) is 0. The number of carbonyl (C=O) groups excluding carboxylic acids is 3. The highest BCUT2D eigenvalue weighted by Gasteiger charge is 2.74. The number of nitrogens with zero attached hydrogens (tertiary/aromatic N) is 3. The summed E-state index contributed by atoms with van der Waals surface area (Å²) in [7, 11) is 0. The van der Waals surface area contributed by atoms with Crippen molar-refractivity contribution in [3.8, 4) is 0 Å². The molecule has 1 N–H and O–H groups in total. The molecule has 0 aromatic heterocycles. The summed E-state index contributed by atoms with van der Waals surface area (Å²) in [6.07, 6.45) is 10.9. The summed E-state index contributed by atoms with van der Waals surface area (Å²) < 4.78 is -1.42. The number of thioether (sulfide) groups is 1. The molecule has 0 aromatic rings. The lowest BCUT2D eigenvalue weighted by atomic mass is 9.74. The first-order valence-corrected chi connectivity index (χ1v) is 13.6. The molecule has 4 rings (SSSR count). The van der Waals surface area contributed by atoms with Crippen LogP contribution in [0.25, 0.3) is 0 Å². The third-order valence-corrected chi connectivity index (χ3v) is 9.88. The van der Waals surface area contributed by atoms with Crippen LogP contribution in [0.1, 0.15) is 53.9 Å². The fraction of sp³-hybridized carbons (Fsp3) is 0.731. The van der Waals surface area contributed by atoms with Crippen LogP contribution in [0.15, 0.2) is 24.3 Å². The van der Waals surface area contributed by atoms with E-state index in [-0.39, 0.29) is 30.4 Å². The van der Waals surface area contributed by atoms with E-state index in [1.165, 1.54) is 0 Å². The maximum absolute atomic E-state index is 14.2. The molecule has 34 heavy (non-hydrogen) atoms. The first-order valence-electron chi connectivity index (χ1n) is 12.7. The average Bonchev–Trinajstić information content (AvgIpc) is 3.07. The van der Waals surface area contributed by atoms with E-state index in [0.717, 1.165) is 19.3 Å². The molecule has 3 amide bonds. The Hall–Kier alpha value is -1.80. The van der Waals surface area contributed by atoms with Crippen LogP contribution in [-0.2, 0) is 14.4 Å². The largest absolute Gasteiger partial charge is 0.394 e. The van der Waals surface area contributed by atoms with E-state index in [0.29, 0.717) is 19.6 Å². The molecule has 0 radical (unpaired) electrons. The summed E-state index contributed by atoms with van der Waals surface area (Å²) in [5, 5.41) is 10.0. The first-order chi connectivity index (χ1) is 16.2. The maximum Gasteiger partial charge on any atom is 0.247 e. The van der Waals surface area contributed by atoms with Crippen molar-refractivity contribution in [2.24, 2.45) is 11.8 Å². The van der Waals surface area contributed by atoms with E-state index in [1.54, 1.807) is 23.6 Å². The minimum Gasteiger partial charge on any atom is -0.394 e. The molecule has 0 aromatic carbocycles. The topological polar surface area (TPSA) is 81.2 Å². The van der Waals surface area contributed by atoms with E-state index in [4.69, 9.17) is 0 Å². The SMILES string of the molecule is CCCC(C)N1CC=C[C@]23S[C@@]4(C)C=CCN(CCC)C(=O)[C@H]4[C@H]2C(=O)N([C@H](C)CO)C3C1=O. The molecule has 4 heterocycles. The van der Waals surface area contributed by atoms with Crippen molar-refractivity contribution >= 4 is 29.5 Å². The molecule has 2 fully saturated rings. The number of hydrogen-bond donors (Lipinski definition) is 1. The number of amides is 3. The predicted octanol–water partition coefficient (Wildman–Crippen LogP) is 2.45. The van der Waals surface area contributed by atoms with E-state index in [2.05, 4.69) is 26.0 Å². The monoisotopic (exact) mass is 489 g/mol. The number of aliphatic hydroxyl groups is 1. The zero-order valence-corrected chi connectivity index (χ0v) is 21.9. The summed E-state index contributed by atoms with van der Waals surface area (Å²) in [5.74, 6) is -1.45. The van der Waals surface area contributed by atoms with Gasteiger partial charge in [0.05, 0.1) is 29.2 Å². The predicted molar refractivity (Wildman–Crippen MR) is 134 cm³/mol. The van der Waals surface area contributed by atoms with Crippen molar-refractivity contribution in [1.82, 2.24) is 14.7 Å². The van der Waals surface area contributed by atoms with E-state index in [9.17, 15) is 19.5 Å². The second-order valence-electron chi connectivity index (χ2n) is 10.5. The van der Waals surface area contributed by atoms with Gasteiger partial charge in [-0.25, -0.2) is 0 Å². The second-order valence-corrected chi connectivity index (χ2v) is 12.3. The molecule has 188 valence electrons. The van der Waals surface area contributed by atoms with Gasteiger partial charge in [-0.3, -0.25) is 14.4 Å². The molecule has 0 bridgehead atoms. The van der Waals surface area contributed by atoms with Crippen molar-refractivity contribution < 1.29 is 19.5 Å². The molecule has 1 spiro atoms. The van der Waals surface area contributed by atoms with Crippen LogP contribution in [0.2, 0.25) is 0 Å². The highest BCUT2D eigenvalue weighted by molar-refractivity contribution is 8.02. The molecule has 7 atom stereocenters. The fourth-order valence-corrected chi connectivity index (χ4v) is 8.68. The van der Waals surface area contributed by atoms with E-state index >= 15 is 0 Å². The third-order valence-electron chi connectivity index (χ3n) is 8.08. The van der Waals surface area contributed by atoms with Crippen LogP contribution < -0.4 is 0 Å². The standard InChI is InChI=1S/C26H39N3O4S/c1-6-10-17(3)28-15-9-12-26-20(23(32)29(18(4)16-30)21(26)24(28)33)19-22(31)27(13-7-2)14-8-11-25(19,5)34-26/h8-9,11-12,17-21,30H,6-7,10,13-16H2,1-5H3/t17?,18-,19-,20+,21?,25+,26+/m1/s1. The Morgan fingerprint density at radius 2 is 1.71 bits per heavy atom. The van der Waals surface area contributed by atoms with Crippen LogP contribution >= 0.6 is 11.8 Å². The van der Waals surface area contributed by atoms with Crippen molar-refractivity contribution in [1.29, 1.82) is 0 Å². The van der Waals surface area contributed by atoms with Gasteiger partial charge in [0.25, 0.3) is 0 Å². The molecule has 4 aliphatic heterocycles. The minimum atomic E-state index is -0.840. The highest BCUT2D eigenvalue weighted by Crippen LogP contribution is 2.65. The van der Waals surface area contributed by atoms with Gasteiger partial charge in [-0.15, -0.1) is 11.8 Å². The maximum atomic E-state index is 14.2. The number of rotatable bonds is 7. The first kappa shape index (κ1) is 25.3. The Bertz CT molecular complexity index is 906. The van der Waals surface area contributed by atoms with E-state index < -0.39 is 33.4 Å². The van der Waals surface area contributed by atoms with Crippen molar-refractivity contribution in [3.05, 3.63) is 24.3 Å². The Morgan fingerprint density at radius 1 is 1.00 bits per heavy atom. The molecule has 2 saturated heterocycles. The Morgan fingerprint density at radius 3 is 2.35 bits per heavy atom. The van der Waals surface area contributed by atoms with Crippen LogP contribution in [-0.4, -0.2) is 91.4 Å². The summed E-state index contributed by atoms with van der Waals surface area (Å²) in [6.45, 7) is 11.5. The number of carbonyl (C=O) groups is 3. The van der Waals surface area contributed by atoms with Gasteiger partial charge < -0.3 is 19.8 Å². The summed E-state index contributed by atoms with van der Waals surface area (Å²) >= 11 is 1.60. The van der Waals surface area contributed by atoms with Crippen molar-refractivity contribution in [2.75, 3.05) is 26.2 Å². The Balaban J connectivity index is 1.86. The van der Waals surface area contributed by atoms with Crippen LogP contribution in [0.3, 0.4) is 0 Å². The Labute approximate surface area is 207 Å². The molecule has 8 heteroatoms. The molecule has 2 unspecified atom stereocenters. The zero-order chi connectivity index (χ0) is 24.8. The van der Waals surface area contributed by atoms with Gasteiger partial charge in [0.15, 0.2) is 0 Å². The second kappa shape index (κ2) is 9.34. The lowest BCUT2D eigenvalue weighted by Crippen LogP contribution is -2.57. The lowest BCUT2D eigenvalue weighted by molar-refractivity contribution is -0.147. The van der Waals surface area contributed by atoms with Gasteiger partial charge in [0.1, 0.15) is 6.04 Å². The van der Waals surface area contributed by atoms with Crippen LogP contribution in [0, 0.1) is 11.8 Å². The summed E-state index contributed by atoms with van der Waals surface area (Å²) in [4.78, 5) is 47.5. The smallest absolute Gasteiger partial charge is 0.247 e. The molecular weight excluding hydrogens is 450 g/mol.